The van der Waals surface area contributed by atoms with Gasteiger partial charge in [-0.1, -0.05) is 18.2 Å². The third-order valence-electron chi connectivity index (χ3n) is 1.90. The number of amides is 1. The minimum atomic E-state index is -1.51. The van der Waals surface area contributed by atoms with Gasteiger partial charge in [0.1, 0.15) is 5.75 Å². The van der Waals surface area contributed by atoms with Gasteiger partial charge in [-0.3, -0.25) is 9.59 Å². The maximum absolute atomic E-state index is 10.8. The molecular formula is C12H11NO5. The smallest absolute Gasteiger partial charge is 0.376 e. The van der Waals surface area contributed by atoms with Gasteiger partial charge >= 0.3 is 5.97 Å². The Hall–Kier alpha value is -2.63. The van der Waals surface area contributed by atoms with Gasteiger partial charge in [0.2, 0.25) is 0 Å². The van der Waals surface area contributed by atoms with Crippen LogP contribution in [0.5, 0.6) is 5.75 Å². The lowest BCUT2D eigenvalue weighted by atomic mass is 10.2. The summed E-state index contributed by atoms with van der Waals surface area (Å²) in [7, 11) is 0. The van der Waals surface area contributed by atoms with Crippen LogP contribution in [0.3, 0.4) is 0 Å². The Kier molecular flexibility index (Phi) is 4.62. The standard InChI is InChI=1S/C12H11NO5/c13-11(15)7-18-9-4-1-8(2-5-9)3-6-10(14)12(16)17/h1-6H,7H2,(H2,13,15)(H,16,17)/b6-3+. The van der Waals surface area contributed by atoms with Crippen molar-refractivity contribution in [2.75, 3.05) is 6.61 Å². The van der Waals surface area contributed by atoms with Gasteiger partial charge in [-0.2, -0.15) is 0 Å². The number of carbonyl (C=O) groups is 3. The molecule has 1 aromatic rings. The second-order valence-electron chi connectivity index (χ2n) is 3.33. The third-order valence-corrected chi connectivity index (χ3v) is 1.90. The third kappa shape index (κ3) is 4.48. The van der Waals surface area contributed by atoms with Crippen LogP contribution in [0.4, 0.5) is 0 Å². The number of carboxylic acids is 1. The molecule has 0 unspecified atom stereocenters. The number of carboxylic acid groups (broad SMARTS) is 1. The molecule has 94 valence electrons. The fraction of sp³-hybridized carbons (Fsp3) is 0.0833. The molecule has 0 saturated heterocycles. The SMILES string of the molecule is NC(=O)COc1ccc(/C=C/C(=O)C(=O)O)cc1. The van der Waals surface area contributed by atoms with Crippen molar-refractivity contribution in [2.45, 2.75) is 0 Å². The van der Waals surface area contributed by atoms with Crippen LogP contribution < -0.4 is 10.5 Å². The molecule has 0 atom stereocenters. The van der Waals surface area contributed by atoms with E-state index in [9.17, 15) is 14.4 Å². The van der Waals surface area contributed by atoms with Gasteiger partial charge in [0.25, 0.3) is 11.7 Å². The van der Waals surface area contributed by atoms with E-state index in [0.29, 0.717) is 11.3 Å². The van der Waals surface area contributed by atoms with Crippen LogP contribution in [0.15, 0.2) is 30.3 Å². The Morgan fingerprint density at radius 1 is 1.22 bits per heavy atom. The highest BCUT2D eigenvalue weighted by Crippen LogP contribution is 2.13. The predicted octanol–water partition coefficient (Wildman–Crippen LogP) is 0.218. The Morgan fingerprint density at radius 2 is 1.83 bits per heavy atom. The summed E-state index contributed by atoms with van der Waals surface area (Å²) in [5.74, 6) is -2.63. The summed E-state index contributed by atoms with van der Waals surface area (Å²) in [4.78, 5) is 31.5. The Balaban J connectivity index is 2.63. The quantitative estimate of drug-likeness (QED) is 0.554. The van der Waals surface area contributed by atoms with Crippen LogP contribution in [0.25, 0.3) is 6.08 Å². The highest BCUT2D eigenvalue weighted by Gasteiger charge is 2.05. The van der Waals surface area contributed by atoms with Crippen LogP contribution in [0.2, 0.25) is 0 Å². The summed E-state index contributed by atoms with van der Waals surface area (Å²) >= 11 is 0. The molecule has 1 aromatic carbocycles. The number of ether oxygens (including phenoxy) is 1. The number of ketones is 1. The summed E-state index contributed by atoms with van der Waals surface area (Å²) < 4.78 is 5.03. The first-order valence-electron chi connectivity index (χ1n) is 4.95. The molecule has 0 aliphatic carbocycles. The van der Waals surface area contributed by atoms with Crippen LogP contribution >= 0.6 is 0 Å². The van der Waals surface area contributed by atoms with Crippen molar-refractivity contribution in [1.82, 2.24) is 0 Å². The number of primary amides is 1. The topological polar surface area (TPSA) is 107 Å². The molecule has 0 fully saturated rings. The molecule has 1 amide bonds. The molecule has 0 heterocycles. The summed E-state index contributed by atoms with van der Waals surface area (Å²) in [6.45, 7) is -0.216. The molecular weight excluding hydrogens is 238 g/mol. The molecule has 6 nitrogen and oxygen atoms in total. The largest absolute Gasteiger partial charge is 0.484 e. The van der Waals surface area contributed by atoms with Crippen LogP contribution in [-0.4, -0.2) is 29.4 Å². The molecule has 0 aliphatic rings. The minimum Gasteiger partial charge on any atom is -0.484 e. The van der Waals surface area contributed by atoms with E-state index in [4.69, 9.17) is 15.6 Å². The van der Waals surface area contributed by atoms with Crippen molar-refractivity contribution in [3.05, 3.63) is 35.9 Å². The van der Waals surface area contributed by atoms with E-state index in [-0.39, 0.29) is 6.61 Å². The van der Waals surface area contributed by atoms with E-state index >= 15 is 0 Å². The Morgan fingerprint density at radius 3 is 2.33 bits per heavy atom. The molecule has 0 saturated carbocycles. The second-order valence-corrected chi connectivity index (χ2v) is 3.33. The lowest BCUT2D eigenvalue weighted by Crippen LogP contribution is -2.19. The molecule has 6 heteroatoms. The van der Waals surface area contributed by atoms with E-state index in [1.165, 1.54) is 6.08 Å². The average Bonchev–Trinajstić information content (AvgIpc) is 2.34. The Labute approximate surface area is 103 Å². The van der Waals surface area contributed by atoms with Gasteiger partial charge < -0.3 is 15.6 Å². The maximum Gasteiger partial charge on any atom is 0.376 e. The fourth-order valence-electron chi connectivity index (χ4n) is 1.07. The van der Waals surface area contributed by atoms with E-state index in [1.54, 1.807) is 24.3 Å². The van der Waals surface area contributed by atoms with Crippen molar-refractivity contribution >= 4 is 23.7 Å². The summed E-state index contributed by atoms with van der Waals surface area (Å²) in [5, 5.41) is 8.36. The molecule has 3 N–H and O–H groups in total. The number of nitrogens with two attached hydrogens (primary N) is 1. The zero-order chi connectivity index (χ0) is 13.5. The highest BCUT2D eigenvalue weighted by atomic mass is 16.5. The maximum atomic E-state index is 10.8. The van der Waals surface area contributed by atoms with E-state index in [2.05, 4.69) is 0 Å². The average molecular weight is 249 g/mol. The predicted molar refractivity (Wildman–Crippen MR) is 62.8 cm³/mol. The zero-order valence-electron chi connectivity index (χ0n) is 9.33. The molecule has 0 bridgehead atoms. The fourth-order valence-corrected chi connectivity index (χ4v) is 1.07. The Bertz CT molecular complexity index is 490. The van der Waals surface area contributed by atoms with Crippen LogP contribution in [-0.2, 0) is 14.4 Å². The molecule has 0 spiro atoms. The van der Waals surface area contributed by atoms with Crippen LogP contribution in [0, 0.1) is 0 Å². The number of aliphatic carboxylic acids is 1. The highest BCUT2D eigenvalue weighted by molar-refractivity contribution is 6.38. The first kappa shape index (κ1) is 13.4. The summed E-state index contributed by atoms with van der Waals surface area (Å²) in [6, 6.07) is 6.38. The molecule has 18 heavy (non-hydrogen) atoms. The monoisotopic (exact) mass is 249 g/mol. The normalized spacial score (nSPS) is 10.2. The van der Waals surface area contributed by atoms with Gasteiger partial charge in [0.05, 0.1) is 0 Å². The number of benzene rings is 1. The van der Waals surface area contributed by atoms with Gasteiger partial charge in [-0.15, -0.1) is 0 Å². The lowest BCUT2D eigenvalue weighted by molar-refractivity contribution is -0.146. The zero-order valence-corrected chi connectivity index (χ0v) is 9.33. The molecule has 1 rings (SSSR count). The second kappa shape index (κ2) is 6.19. The van der Waals surface area contributed by atoms with Crippen LogP contribution in [0.1, 0.15) is 5.56 Å². The van der Waals surface area contributed by atoms with E-state index in [0.717, 1.165) is 6.08 Å². The molecule has 0 aliphatic heterocycles. The van der Waals surface area contributed by atoms with E-state index in [1.807, 2.05) is 0 Å². The van der Waals surface area contributed by atoms with Crippen molar-refractivity contribution in [1.29, 1.82) is 0 Å². The summed E-state index contributed by atoms with van der Waals surface area (Å²) in [5.41, 5.74) is 5.55. The summed E-state index contributed by atoms with van der Waals surface area (Å²) in [6.07, 6.45) is 2.33. The van der Waals surface area contributed by atoms with Gasteiger partial charge in [-0.05, 0) is 23.8 Å². The molecule has 0 radical (unpaired) electrons. The van der Waals surface area contributed by atoms with Gasteiger partial charge in [-0.25, -0.2) is 4.79 Å². The first-order valence-corrected chi connectivity index (χ1v) is 4.95. The van der Waals surface area contributed by atoms with Crippen molar-refractivity contribution < 1.29 is 24.2 Å². The van der Waals surface area contributed by atoms with Crippen molar-refractivity contribution in [3.8, 4) is 5.75 Å². The van der Waals surface area contributed by atoms with Crippen molar-refractivity contribution in [3.63, 3.8) is 0 Å². The first-order chi connectivity index (χ1) is 8.49. The lowest BCUT2D eigenvalue weighted by Gasteiger charge is -2.03. The number of hydrogen-bond donors (Lipinski definition) is 2. The number of rotatable bonds is 6. The van der Waals surface area contributed by atoms with Gasteiger partial charge in [0.15, 0.2) is 6.61 Å². The number of carbonyl (C=O) groups excluding carboxylic acids is 2. The number of hydrogen-bond acceptors (Lipinski definition) is 4. The van der Waals surface area contributed by atoms with Gasteiger partial charge in [0, 0.05) is 0 Å². The van der Waals surface area contributed by atoms with Crippen molar-refractivity contribution in [2.24, 2.45) is 5.73 Å². The van der Waals surface area contributed by atoms with E-state index < -0.39 is 17.7 Å². The molecule has 0 aromatic heterocycles. The minimum absolute atomic E-state index is 0.216.